The van der Waals surface area contributed by atoms with Gasteiger partial charge in [-0.3, -0.25) is 0 Å². The summed E-state index contributed by atoms with van der Waals surface area (Å²) in [5.41, 5.74) is 3.11. The van der Waals surface area contributed by atoms with Gasteiger partial charge in [-0.15, -0.1) is 0 Å². The Morgan fingerprint density at radius 1 is 1.21 bits per heavy atom. The molecule has 3 heteroatoms. The molecule has 106 valence electrons. The first-order valence-electron chi connectivity index (χ1n) is 7.71. The highest BCUT2D eigenvalue weighted by atomic mass is 28.3. The van der Waals surface area contributed by atoms with E-state index < -0.39 is 19.6 Å². The monoisotopic (exact) mass is 277 g/mol. The third-order valence-electron chi connectivity index (χ3n) is 4.79. The molecule has 0 spiro atoms. The van der Waals surface area contributed by atoms with Crippen molar-refractivity contribution in [3.05, 3.63) is 11.3 Å². The molecule has 0 amide bonds. The van der Waals surface area contributed by atoms with Crippen LogP contribution in [0.3, 0.4) is 0 Å². The molecule has 0 radical (unpaired) electrons. The molecule has 0 aromatic rings. The molecule has 2 saturated carbocycles. The van der Waals surface area contributed by atoms with Crippen molar-refractivity contribution in [1.82, 2.24) is 0 Å². The minimum absolute atomic E-state index is 0.385. The SMILES string of the molecule is C[Si](C)(C)/C=C1\CC[C@H]2CCCCC[C@H](O)[C@]12C#N. The maximum absolute atomic E-state index is 10.7. The lowest BCUT2D eigenvalue weighted by atomic mass is 9.68. The maximum Gasteiger partial charge on any atom is 0.106 e. The number of nitrogens with zero attached hydrogens (tertiary/aromatic N) is 1. The van der Waals surface area contributed by atoms with E-state index in [1.807, 2.05) is 0 Å². The number of aliphatic hydroxyl groups is 1. The van der Waals surface area contributed by atoms with E-state index in [4.69, 9.17) is 0 Å². The van der Waals surface area contributed by atoms with E-state index in [2.05, 4.69) is 31.4 Å². The van der Waals surface area contributed by atoms with Gasteiger partial charge in [0.15, 0.2) is 0 Å². The topological polar surface area (TPSA) is 44.0 Å². The highest BCUT2D eigenvalue weighted by Gasteiger charge is 2.52. The van der Waals surface area contributed by atoms with Gasteiger partial charge in [0.25, 0.3) is 0 Å². The third kappa shape index (κ3) is 2.80. The third-order valence-corrected chi connectivity index (χ3v) is 6.00. The first-order valence-corrected chi connectivity index (χ1v) is 11.3. The highest BCUT2D eigenvalue weighted by molar-refractivity contribution is 6.81. The average molecular weight is 277 g/mol. The van der Waals surface area contributed by atoms with Crippen molar-refractivity contribution >= 4 is 8.07 Å². The second-order valence-corrected chi connectivity index (χ2v) is 12.4. The molecule has 0 saturated heterocycles. The number of hydrogen-bond acceptors (Lipinski definition) is 2. The molecule has 19 heavy (non-hydrogen) atoms. The number of nitriles is 1. The van der Waals surface area contributed by atoms with Crippen molar-refractivity contribution in [2.75, 3.05) is 0 Å². The summed E-state index contributed by atoms with van der Waals surface area (Å²) in [5, 5.41) is 20.5. The Morgan fingerprint density at radius 3 is 2.53 bits per heavy atom. The van der Waals surface area contributed by atoms with Gasteiger partial charge in [0.1, 0.15) is 5.41 Å². The van der Waals surface area contributed by atoms with Gasteiger partial charge in [-0.1, -0.05) is 50.2 Å². The summed E-state index contributed by atoms with van der Waals surface area (Å²) in [6.45, 7) is 6.94. The Kier molecular flexibility index (Phi) is 4.22. The van der Waals surface area contributed by atoms with E-state index in [1.54, 1.807) is 0 Å². The summed E-state index contributed by atoms with van der Waals surface area (Å²) >= 11 is 0. The Morgan fingerprint density at radius 2 is 1.89 bits per heavy atom. The van der Waals surface area contributed by atoms with Crippen LogP contribution in [0.15, 0.2) is 11.3 Å². The fraction of sp³-hybridized carbons (Fsp3) is 0.812. The van der Waals surface area contributed by atoms with Crippen molar-refractivity contribution in [2.24, 2.45) is 11.3 Å². The summed E-state index contributed by atoms with van der Waals surface area (Å²) in [7, 11) is -1.34. The molecule has 0 aromatic carbocycles. The van der Waals surface area contributed by atoms with Crippen LogP contribution in [0.5, 0.6) is 0 Å². The molecule has 0 unspecified atom stereocenters. The van der Waals surface area contributed by atoms with Crippen LogP contribution in [0.1, 0.15) is 44.9 Å². The van der Waals surface area contributed by atoms with Gasteiger partial charge in [0.2, 0.25) is 0 Å². The normalized spacial score (nSPS) is 38.4. The maximum atomic E-state index is 10.7. The molecular formula is C16H27NOSi. The molecule has 2 fully saturated rings. The Bertz CT molecular complexity index is 404. The fourth-order valence-electron chi connectivity index (χ4n) is 3.97. The number of fused-ring (bicyclic) bond motifs is 1. The minimum atomic E-state index is -1.34. The van der Waals surface area contributed by atoms with Crippen LogP contribution in [0.2, 0.25) is 19.6 Å². The Balaban J connectivity index is 2.42. The van der Waals surface area contributed by atoms with Crippen LogP contribution in [0.25, 0.3) is 0 Å². The fourth-order valence-corrected chi connectivity index (χ4v) is 5.40. The smallest absolute Gasteiger partial charge is 0.106 e. The zero-order valence-corrected chi connectivity index (χ0v) is 13.6. The van der Waals surface area contributed by atoms with Crippen molar-refractivity contribution in [3.8, 4) is 6.07 Å². The molecule has 0 heterocycles. The van der Waals surface area contributed by atoms with Crippen molar-refractivity contribution in [3.63, 3.8) is 0 Å². The van der Waals surface area contributed by atoms with E-state index in [-0.39, 0.29) is 0 Å². The Labute approximate surface area is 118 Å². The van der Waals surface area contributed by atoms with Crippen LogP contribution in [-0.2, 0) is 0 Å². The second-order valence-electron chi connectivity index (χ2n) is 7.41. The van der Waals surface area contributed by atoms with Crippen molar-refractivity contribution in [1.29, 1.82) is 5.26 Å². The standard InChI is InChI=1S/C16H27NOSi/c1-19(2,3)11-14-10-9-13-7-5-4-6-8-15(18)16(13,14)12-17/h11,13,15,18H,4-10H2,1-3H3/b14-11+/t13-,15+,16+/m1/s1. The molecule has 2 nitrogen and oxygen atoms in total. The van der Waals surface area contributed by atoms with E-state index in [1.165, 1.54) is 18.4 Å². The highest BCUT2D eigenvalue weighted by Crippen LogP contribution is 2.53. The minimum Gasteiger partial charge on any atom is -0.391 e. The van der Waals surface area contributed by atoms with Gasteiger partial charge in [0, 0.05) is 0 Å². The summed E-state index contributed by atoms with van der Waals surface area (Å²) in [6.07, 6.45) is 7.09. The zero-order chi connectivity index (χ0) is 14.1. The van der Waals surface area contributed by atoms with Gasteiger partial charge in [-0.2, -0.15) is 5.26 Å². The first-order chi connectivity index (χ1) is 8.90. The predicted molar refractivity (Wildman–Crippen MR) is 81.3 cm³/mol. The van der Waals surface area contributed by atoms with Gasteiger partial charge in [-0.25, -0.2) is 0 Å². The van der Waals surface area contributed by atoms with Crippen LogP contribution in [0.4, 0.5) is 0 Å². The summed E-state index contributed by atoms with van der Waals surface area (Å²) < 4.78 is 0. The second kappa shape index (κ2) is 5.42. The molecule has 0 aliphatic heterocycles. The van der Waals surface area contributed by atoms with Gasteiger partial charge in [-0.05, 0) is 31.6 Å². The van der Waals surface area contributed by atoms with Crippen LogP contribution >= 0.6 is 0 Å². The molecule has 3 atom stereocenters. The molecule has 0 aromatic heterocycles. The quantitative estimate of drug-likeness (QED) is 0.735. The lowest BCUT2D eigenvalue weighted by Crippen LogP contribution is -2.40. The molecule has 2 rings (SSSR count). The molecular weight excluding hydrogens is 250 g/mol. The van der Waals surface area contributed by atoms with E-state index >= 15 is 0 Å². The van der Waals surface area contributed by atoms with Gasteiger partial charge >= 0.3 is 0 Å². The number of rotatable bonds is 1. The lowest BCUT2D eigenvalue weighted by Gasteiger charge is -2.37. The van der Waals surface area contributed by atoms with Crippen LogP contribution in [-0.4, -0.2) is 19.3 Å². The van der Waals surface area contributed by atoms with Crippen molar-refractivity contribution in [2.45, 2.75) is 70.7 Å². The van der Waals surface area contributed by atoms with Crippen molar-refractivity contribution < 1.29 is 5.11 Å². The van der Waals surface area contributed by atoms with Gasteiger partial charge in [0.05, 0.1) is 20.2 Å². The number of hydrogen-bond donors (Lipinski definition) is 1. The van der Waals surface area contributed by atoms with Gasteiger partial charge < -0.3 is 5.11 Å². The average Bonchev–Trinajstić information content (AvgIpc) is 2.62. The van der Waals surface area contributed by atoms with Crippen LogP contribution < -0.4 is 0 Å². The van der Waals surface area contributed by atoms with E-state index in [0.717, 1.165) is 32.1 Å². The summed E-state index contributed by atoms with van der Waals surface area (Å²) in [5.74, 6) is 0.385. The molecule has 2 aliphatic rings. The summed E-state index contributed by atoms with van der Waals surface area (Å²) in [6, 6.07) is 2.57. The first kappa shape index (κ1) is 14.8. The molecule has 0 bridgehead atoms. The molecule has 1 N–H and O–H groups in total. The summed E-state index contributed by atoms with van der Waals surface area (Å²) in [4.78, 5) is 0. The largest absolute Gasteiger partial charge is 0.391 e. The lowest BCUT2D eigenvalue weighted by molar-refractivity contribution is 0.0397. The predicted octanol–water partition coefficient (Wildman–Crippen LogP) is 4.04. The molecule has 2 aliphatic carbocycles. The van der Waals surface area contributed by atoms with E-state index in [0.29, 0.717) is 5.92 Å². The zero-order valence-electron chi connectivity index (χ0n) is 12.6. The number of aliphatic hydroxyl groups excluding tert-OH is 1. The Hall–Kier alpha value is -0.593. The van der Waals surface area contributed by atoms with E-state index in [9.17, 15) is 10.4 Å². The van der Waals surface area contributed by atoms with Crippen LogP contribution in [0, 0.1) is 22.7 Å².